The van der Waals surface area contributed by atoms with Crippen molar-refractivity contribution >= 4 is 15.2 Å². The van der Waals surface area contributed by atoms with Crippen molar-refractivity contribution in [2.45, 2.75) is 5.02 Å². The van der Waals surface area contributed by atoms with Gasteiger partial charge in [0.1, 0.15) is 0 Å². The lowest BCUT2D eigenvalue weighted by Gasteiger charge is -2.29. The second kappa shape index (κ2) is 4.01. The van der Waals surface area contributed by atoms with Crippen molar-refractivity contribution in [1.29, 1.82) is 0 Å². The zero-order valence-corrected chi connectivity index (χ0v) is 9.62. The first-order valence-electron chi connectivity index (χ1n) is 3.92. The van der Waals surface area contributed by atoms with E-state index in [1.807, 2.05) is 0 Å². The maximum absolute atomic E-state index is 11.1. The number of aromatic nitrogens is 1. The summed E-state index contributed by atoms with van der Waals surface area (Å²) < 4.78 is 22.3. The summed E-state index contributed by atoms with van der Waals surface area (Å²) in [5.41, 5.74) is 4.63. The summed E-state index contributed by atoms with van der Waals surface area (Å²) in [4.78, 5) is 39.4. The van der Waals surface area contributed by atoms with Crippen LogP contribution in [0.2, 0.25) is 0 Å². The maximum atomic E-state index is 11.1. The van der Waals surface area contributed by atoms with Gasteiger partial charge in [-0.05, 0) is 12.1 Å². The minimum absolute atomic E-state index is 0.559. The molecule has 0 unspecified atom stereocenters. The lowest BCUT2D eigenvalue weighted by atomic mass is 10.3. The van der Waals surface area contributed by atoms with E-state index in [2.05, 4.69) is 4.98 Å². The molecule has 16 heavy (non-hydrogen) atoms. The van der Waals surface area contributed by atoms with E-state index in [-0.39, 0.29) is 0 Å². The quantitative estimate of drug-likeness (QED) is 0.460. The second-order valence-corrected chi connectivity index (χ2v) is 6.97. The molecule has 6 N–H and O–H groups in total. The van der Waals surface area contributed by atoms with Crippen molar-refractivity contribution in [1.82, 2.24) is 4.98 Å². The predicted molar refractivity (Wildman–Crippen MR) is 54.2 cm³/mol. The van der Waals surface area contributed by atoms with Gasteiger partial charge in [-0.3, -0.25) is 19.8 Å². The van der Waals surface area contributed by atoms with Crippen LogP contribution in [0.25, 0.3) is 0 Å². The monoisotopic (exact) mass is 268 g/mol. The van der Waals surface area contributed by atoms with Crippen LogP contribution in [-0.2, 0) is 14.2 Å². The Hall–Kier alpha value is -0.590. The second-order valence-electron chi connectivity index (χ2n) is 3.03. The van der Waals surface area contributed by atoms with E-state index in [0.717, 1.165) is 12.3 Å². The number of nitrogens with zero attached hydrogens (tertiary/aromatic N) is 1. The predicted octanol–water partition coefficient (Wildman–Crippen LogP) is -0.494. The highest BCUT2D eigenvalue weighted by molar-refractivity contribution is 7.71. The van der Waals surface area contributed by atoms with Gasteiger partial charge in [0.05, 0.1) is 5.69 Å². The number of nitrogens with two attached hydrogens (primary N) is 1. The van der Waals surface area contributed by atoms with Crippen LogP contribution in [0.3, 0.4) is 0 Å². The Labute approximate surface area is 90.5 Å². The molecule has 90 valence electrons. The lowest BCUT2D eigenvalue weighted by molar-refractivity contribution is 0.308. The Kier molecular flexibility index (Phi) is 3.38. The molecule has 0 radical (unpaired) electrons. The molecule has 0 aromatic carbocycles. The maximum Gasteiger partial charge on any atom is 0.363 e. The molecule has 8 nitrogen and oxygen atoms in total. The van der Waals surface area contributed by atoms with Crippen LogP contribution in [0.1, 0.15) is 5.69 Å². The fraction of sp³-hybridized carbons (Fsp3) is 0.167. The van der Waals surface area contributed by atoms with Gasteiger partial charge in [-0.2, -0.15) is 0 Å². The molecule has 0 bridgehead atoms. The Morgan fingerprint density at radius 1 is 1.12 bits per heavy atom. The van der Waals surface area contributed by atoms with Crippen molar-refractivity contribution < 1.29 is 28.7 Å². The molecule has 0 aliphatic heterocycles. The summed E-state index contributed by atoms with van der Waals surface area (Å²) in [5.74, 6) is 0. The molecular weight excluding hydrogens is 258 g/mol. The van der Waals surface area contributed by atoms with Crippen molar-refractivity contribution in [3.8, 4) is 0 Å². The van der Waals surface area contributed by atoms with Crippen molar-refractivity contribution in [2.24, 2.45) is 5.73 Å². The fourth-order valence-corrected chi connectivity index (χ4v) is 3.27. The van der Waals surface area contributed by atoms with Gasteiger partial charge in [-0.15, -0.1) is 0 Å². The van der Waals surface area contributed by atoms with Crippen LogP contribution in [0, 0.1) is 0 Å². The van der Waals surface area contributed by atoms with E-state index < -0.39 is 25.9 Å². The molecule has 10 heteroatoms. The Morgan fingerprint density at radius 3 is 1.94 bits per heavy atom. The molecule has 0 spiro atoms. The van der Waals surface area contributed by atoms with Gasteiger partial charge in [0, 0.05) is 6.20 Å². The summed E-state index contributed by atoms with van der Waals surface area (Å²) in [6.07, 6.45) is 1.13. The average molecular weight is 268 g/mol. The minimum Gasteiger partial charge on any atom is -0.322 e. The molecule has 0 atom stereocenters. The average Bonchev–Trinajstić information content (AvgIpc) is 2.14. The van der Waals surface area contributed by atoms with Gasteiger partial charge < -0.3 is 19.6 Å². The molecule has 1 aromatic heterocycles. The van der Waals surface area contributed by atoms with Gasteiger partial charge in [-0.1, -0.05) is 6.07 Å². The molecule has 0 fully saturated rings. The Bertz CT molecular complexity index is 443. The van der Waals surface area contributed by atoms with Gasteiger partial charge in [0.2, 0.25) is 0 Å². The molecule has 1 heterocycles. The first kappa shape index (κ1) is 13.5. The Balaban J connectivity index is 3.52. The SMILES string of the molecule is NC(c1ccccn1)(P(=O)(O)O)P(=O)(O)O. The van der Waals surface area contributed by atoms with Gasteiger partial charge in [-0.25, -0.2) is 0 Å². The molecule has 0 aliphatic rings. The summed E-state index contributed by atoms with van der Waals surface area (Å²) in [7, 11) is -10.6. The number of hydrogen-bond donors (Lipinski definition) is 5. The highest BCUT2D eigenvalue weighted by atomic mass is 31.2. The third-order valence-corrected chi connectivity index (χ3v) is 5.73. The van der Waals surface area contributed by atoms with Crippen LogP contribution < -0.4 is 5.73 Å². The molecule has 0 saturated heterocycles. The standard InChI is InChI=1S/C6H10N2O6P2/c7-6(15(9,10)11,16(12,13)14)5-3-1-2-4-8-5/h1-4H,7H2,(H2,9,10,11)(H2,12,13,14). The van der Waals surface area contributed by atoms with Crippen LogP contribution in [0.15, 0.2) is 24.4 Å². The lowest BCUT2D eigenvalue weighted by Crippen LogP contribution is -2.37. The first-order valence-corrected chi connectivity index (χ1v) is 7.15. The fourth-order valence-electron chi connectivity index (χ4n) is 1.05. The van der Waals surface area contributed by atoms with Crippen LogP contribution in [-0.4, -0.2) is 24.6 Å². The third-order valence-electron chi connectivity index (χ3n) is 1.93. The minimum atomic E-state index is -5.28. The van der Waals surface area contributed by atoms with Gasteiger partial charge >= 0.3 is 15.2 Å². The number of rotatable bonds is 3. The van der Waals surface area contributed by atoms with E-state index >= 15 is 0 Å². The highest BCUT2D eigenvalue weighted by Gasteiger charge is 2.59. The topological polar surface area (TPSA) is 154 Å². The summed E-state index contributed by atoms with van der Waals surface area (Å²) >= 11 is 0. The zero-order valence-electron chi connectivity index (χ0n) is 7.83. The Morgan fingerprint density at radius 2 is 1.62 bits per heavy atom. The number of hydrogen-bond acceptors (Lipinski definition) is 4. The van der Waals surface area contributed by atoms with Crippen LogP contribution in [0.5, 0.6) is 0 Å². The number of pyridine rings is 1. The normalized spacial score (nSPS) is 13.8. The molecule has 1 aromatic rings. The molecule has 1 rings (SSSR count). The van der Waals surface area contributed by atoms with Crippen LogP contribution in [0.4, 0.5) is 0 Å². The van der Waals surface area contributed by atoms with E-state index in [9.17, 15) is 9.13 Å². The molecular formula is C6H10N2O6P2. The van der Waals surface area contributed by atoms with E-state index in [4.69, 9.17) is 25.3 Å². The smallest absolute Gasteiger partial charge is 0.322 e. The summed E-state index contributed by atoms with van der Waals surface area (Å²) in [6, 6.07) is 3.77. The van der Waals surface area contributed by atoms with Crippen molar-refractivity contribution in [3.05, 3.63) is 30.1 Å². The van der Waals surface area contributed by atoms with Gasteiger partial charge in [0.15, 0.2) is 0 Å². The van der Waals surface area contributed by atoms with Crippen molar-refractivity contribution in [2.75, 3.05) is 0 Å². The van der Waals surface area contributed by atoms with E-state index in [1.54, 1.807) is 0 Å². The summed E-state index contributed by atoms with van der Waals surface area (Å²) in [6.45, 7) is 0. The molecule has 0 aliphatic carbocycles. The highest BCUT2D eigenvalue weighted by Crippen LogP contribution is 2.70. The van der Waals surface area contributed by atoms with E-state index in [0.29, 0.717) is 0 Å². The zero-order chi connectivity index (χ0) is 12.6. The van der Waals surface area contributed by atoms with E-state index in [1.165, 1.54) is 12.1 Å². The van der Waals surface area contributed by atoms with Gasteiger partial charge in [0.25, 0.3) is 5.02 Å². The first-order chi connectivity index (χ1) is 7.11. The third kappa shape index (κ3) is 2.09. The van der Waals surface area contributed by atoms with Crippen LogP contribution >= 0.6 is 15.2 Å². The molecule has 0 saturated carbocycles. The largest absolute Gasteiger partial charge is 0.363 e. The summed E-state index contributed by atoms with van der Waals surface area (Å²) in [5, 5.41) is -3.11. The molecule has 0 amide bonds. The van der Waals surface area contributed by atoms with Crippen molar-refractivity contribution in [3.63, 3.8) is 0 Å².